The average molecular weight is 400 g/mol. The van der Waals surface area contributed by atoms with Gasteiger partial charge in [-0.15, -0.1) is 0 Å². The van der Waals surface area contributed by atoms with Crippen LogP contribution < -0.4 is 0 Å². The molecule has 2 aliphatic rings. The summed E-state index contributed by atoms with van der Waals surface area (Å²) in [6.07, 6.45) is 6.82. The predicted octanol–water partition coefficient (Wildman–Crippen LogP) is 5.09. The van der Waals surface area contributed by atoms with Crippen LogP contribution in [0.3, 0.4) is 0 Å². The molecule has 5 heteroatoms. The van der Waals surface area contributed by atoms with E-state index in [1.165, 1.54) is 0 Å². The van der Waals surface area contributed by atoms with Crippen LogP contribution in [0.2, 0.25) is 0 Å². The van der Waals surface area contributed by atoms with E-state index >= 15 is 0 Å². The van der Waals surface area contributed by atoms with Crippen LogP contribution in [0.15, 0.2) is 65.2 Å². The van der Waals surface area contributed by atoms with Crippen molar-refractivity contribution in [3.05, 3.63) is 83.4 Å². The van der Waals surface area contributed by atoms with Crippen LogP contribution in [0.25, 0.3) is 11.3 Å². The first-order valence-electron chi connectivity index (χ1n) is 10.3. The summed E-state index contributed by atoms with van der Waals surface area (Å²) in [5.41, 5.74) is 4.67. The summed E-state index contributed by atoms with van der Waals surface area (Å²) < 4.78 is 5.34. The Morgan fingerprint density at radius 1 is 1.13 bits per heavy atom. The molecule has 5 nitrogen and oxygen atoms in total. The summed E-state index contributed by atoms with van der Waals surface area (Å²) in [6, 6.07) is 12.2. The van der Waals surface area contributed by atoms with E-state index in [9.17, 15) is 9.90 Å². The fourth-order valence-corrected chi connectivity index (χ4v) is 5.54. The van der Waals surface area contributed by atoms with E-state index in [1.807, 2.05) is 31.2 Å². The highest BCUT2D eigenvalue weighted by molar-refractivity contribution is 5.97. The molecule has 0 radical (unpaired) electrons. The molecule has 0 bridgehead atoms. The van der Waals surface area contributed by atoms with Crippen LogP contribution in [0.1, 0.15) is 48.8 Å². The number of hydrogen-bond donors (Lipinski definition) is 1. The van der Waals surface area contributed by atoms with Crippen LogP contribution in [-0.2, 0) is 16.6 Å². The van der Waals surface area contributed by atoms with Gasteiger partial charge in [-0.2, -0.15) is 0 Å². The smallest absolute Gasteiger partial charge is 0.162 e. The number of carbonyl (C=O) groups is 1. The molecule has 5 rings (SSSR count). The van der Waals surface area contributed by atoms with Gasteiger partial charge >= 0.3 is 0 Å². The zero-order valence-electron chi connectivity index (χ0n) is 17.2. The Hall–Kier alpha value is -3.21. The lowest BCUT2D eigenvalue weighted by atomic mass is 9.47. The van der Waals surface area contributed by atoms with Gasteiger partial charge in [-0.05, 0) is 43.2 Å². The van der Waals surface area contributed by atoms with Gasteiger partial charge in [-0.3, -0.25) is 4.79 Å². The number of aryl methyl sites for hydroxylation is 1. The number of fused-ring (bicyclic) bond motifs is 3. The van der Waals surface area contributed by atoms with Gasteiger partial charge in [0.15, 0.2) is 5.78 Å². The number of carbonyl (C=O) groups excluding carboxylic acids is 1. The lowest BCUT2D eigenvalue weighted by Gasteiger charge is -2.55. The average Bonchev–Trinajstić information content (AvgIpc) is 3.28. The standard InChI is InChI=1S/C25H24N2O3/c1-16-26-22(17-9-11-30-15-17)20-8-10-24(2)13-21(29)18(14-28)12-25(24,23(20)27-16)19-6-4-3-5-7-19/h3-7,9,11,14-15,28H,8,10,12-13H2,1-2H3/t24-,25-/m0/s1. The number of nitrogens with zero attached hydrogens (tertiary/aromatic N) is 2. The van der Waals surface area contributed by atoms with Crippen LogP contribution in [0, 0.1) is 12.3 Å². The number of furan rings is 1. The molecule has 0 spiro atoms. The van der Waals surface area contributed by atoms with Gasteiger partial charge in [0, 0.05) is 28.5 Å². The SMILES string of the molecule is Cc1nc(-c2ccoc2)c2c(n1)[C@@]1(c3ccccc3)CC(=CO)C(=O)C[C@]1(C)CC2. The molecule has 152 valence electrons. The Morgan fingerprint density at radius 3 is 2.63 bits per heavy atom. The van der Waals surface area contributed by atoms with Crippen molar-refractivity contribution in [1.29, 1.82) is 0 Å². The molecular formula is C25H24N2O3. The van der Waals surface area contributed by atoms with Gasteiger partial charge in [0.25, 0.3) is 0 Å². The van der Waals surface area contributed by atoms with Crippen molar-refractivity contribution in [2.45, 2.75) is 44.9 Å². The second-order valence-corrected chi connectivity index (χ2v) is 8.72. The van der Waals surface area contributed by atoms with Crippen molar-refractivity contribution in [1.82, 2.24) is 9.97 Å². The lowest BCUT2D eigenvalue weighted by molar-refractivity contribution is -0.121. The predicted molar refractivity (Wildman–Crippen MR) is 113 cm³/mol. The maximum Gasteiger partial charge on any atom is 0.162 e. The number of ketones is 1. The van der Waals surface area contributed by atoms with Gasteiger partial charge in [-0.1, -0.05) is 37.3 Å². The van der Waals surface area contributed by atoms with E-state index in [-0.39, 0.29) is 11.2 Å². The topological polar surface area (TPSA) is 76.2 Å². The molecule has 1 fully saturated rings. The monoisotopic (exact) mass is 400 g/mol. The van der Waals surface area contributed by atoms with Crippen molar-refractivity contribution in [2.75, 3.05) is 0 Å². The van der Waals surface area contributed by atoms with Gasteiger partial charge in [0.2, 0.25) is 0 Å². The Bertz CT molecular complexity index is 1150. The van der Waals surface area contributed by atoms with E-state index in [0.717, 1.165) is 47.2 Å². The zero-order valence-corrected chi connectivity index (χ0v) is 17.2. The minimum atomic E-state index is -0.517. The molecule has 0 unspecified atom stereocenters. The number of rotatable bonds is 2. The molecule has 2 atom stereocenters. The van der Waals surface area contributed by atoms with E-state index in [4.69, 9.17) is 14.4 Å². The molecule has 1 aromatic carbocycles. The molecule has 1 saturated carbocycles. The lowest BCUT2D eigenvalue weighted by Crippen LogP contribution is -2.54. The molecule has 2 aliphatic carbocycles. The molecule has 0 aliphatic heterocycles. The van der Waals surface area contributed by atoms with Gasteiger partial charge in [-0.25, -0.2) is 9.97 Å². The van der Waals surface area contributed by atoms with Gasteiger partial charge in [0.05, 0.1) is 30.2 Å². The largest absolute Gasteiger partial charge is 0.515 e. The first kappa shape index (κ1) is 18.8. The Morgan fingerprint density at radius 2 is 1.93 bits per heavy atom. The molecule has 30 heavy (non-hydrogen) atoms. The molecular weight excluding hydrogens is 376 g/mol. The minimum absolute atomic E-state index is 0.0239. The molecule has 2 aromatic heterocycles. The normalized spacial score (nSPS) is 27.0. The van der Waals surface area contributed by atoms with Crippen molar-refractivity contribution >= 4 is 5.78 Å². The van der Waals surface area contributed by atoms with Crippen LogP contribution in [0.4, 0.5) is 0 Å². The third kappa shape index (κ3) is 2.51. The second kappa shape index (κ2) is 6.66. The summed E-state index contributed by atoms with van der Waals surface area (Å²) >= 11 is 0. The van der Waals surface area contributed by atoms with Gasteiger partial charge < -0.3 is 9.52 Å². The van der Waals surface area contributed by atoms with Crippen LogP contribution >= 0.6 is 0 Å². The van der Waals surface area contributed by atoms with E-state index in [2.05, 4.69) is 19.1 Å². The fraction of sp³-hybridized carbons (Fsp3) is 0.320. The maximum absolute atomic E-state index is 12.8. The summed E-state index contributed by atoms with van der Waals surface area (Å²) in [7, 11) is 0. The van der Waals surface area contributed by atoms with Crippen LogP contribution in [-0.4, -0.2) is 20.9 Å². The van der Waals surface area contributed by atoms with Crippen molar-refractivity contribution < 1.29 is 14.3 Å². The summed E-state index contributed by atoms with van der Waals surface area (Å²) in [6.45, 7) is 4.11. The molecule has 3 aromatic rings. The molecule has 0 saturated heterocycles. The van der Waals surface area contributed by atoms with Crippen molar-refractivity contribution in [2.24, 2.45) is 5.41 Å². The number of aliphatic hydroxyl groups is 1. The summed E-state index contributed by atoms with van der Waals surface area (Å²) in [4.78, 5) is 22.6. The van der Waals surface area contributed by atoms with E-state index in [0.29, 0.717) is 24.2 Å². The number of hydrogen-bond acceptors (Lipinski definition) is 5. The first-order chi connectivity index (χ1) is 14.5. The third-order valence-electron chi connectivity index (χ3n) is 7.06. The molecule has 0 amide bonds. The number of aliphatic hydroxyl groups excluding tert-OH is 1. The Kier molecular flexibility index (Phi) is 4.17. The molecule has 1 N–H and O–H groups in total. The number of benzene rings is 1. The third-order valence-corrected chi connectivity index (χ3v) is 7.06. The molecule has 2 heterocycles. The highest BCUT2D eigenvalue weighted by atomic mass is 16.3. The highest BCUT2D eigenvalue weighted by Crippen LogP contribution is 2.61. The Labute approximate surface area is 175 Å². The van der Waals surface area contributed by atoms with Gasteiger partial charge in [0.1, 0.15) is 5.82 Å². The summed E-state index contributed by atoms with van der Waals surface area (Å²) in [5.74, 6) is 0.715. The second-order valence-electron chi connectivity index (χ2n) is 8.72. The Balaban J connectivity index is 1.86. The number of aromatic nitrogens is 2. The van der Waals surface area contributed by atoms with Crippen molar-refractivity contribution in [3.8, 4) is 11.3 Å². The number of Topliss-reactive ketones (excluding diaryl/α,β-unsaturated/α-hetero) is 1. The highest BCUT2D eigenvalue weighted by Gasteiger charge is 2.59. The first-order valence-corrected chi connectivity index (χ1v) is 10.3. The van der Waals surface area contributed by atoms with Crippen molar-refractivity contribution in [3.63, 3.8) is 0 Å². The quantitative estimate of drug-likeness (QED) is 0.479. The van der Waals surface area contributed by atoms with Crippen LogP contribution in [0.5, 0.6) is 0 Å². The fourth-order valence-electron chi connectivity index (χ4n) is 5.54. The van der Waals surface area contributed by atoms with E-state index < -0.39 is 5.41 Å². The van der Waals surface area contributed by atoms with E-state index in [1.54, 1.807) is 12.5 Å². The minimum Gasteiger partial charge on any atom is -0.515 e. The zero-order chi connectivity index (χ0) is 20.9. The summed E-state index contributed by atoms with van der Waals surface area (Å²) in [5, 5.41) is 9.88. The maximum atomic E-state index is 12.8. The number of allylic oxidation sites excluding steroid dienone is 1.